The Morgan fingerprint density at radius 2 is 1.50 bits per heavy atom. The quantitative estimate of drug-likeness (QED) is 0.483. The number of hydrogen-bond donors (Lipinski definition) is 1. The Balaban J connectivity index is 0.00000128. The van der Waals surface area contributed by atoms with Gasteiger partial charge in [-0.2, -0.15) is 0 Å². The van der Waals surface area contributed by atoms with Crippen LogP contribution in [0.1, 0.15) is 12.8 Å². The van der Waals surface area contributed by atoms with E-state index < -0.39 is 56.4 Å². The molecule has 0 amide bonds. The van der Waals surface area contributed by atoms with Crippen molar-refractivity contribution in [1.82, 2.24) is 0 Å². The van der Waals surface area contributed by atoms with E-state index in [1.807, 2.05) is 0 Å². The topological polar surface area (TPSA) is 116 Å². The molecule has 0 aromatic carbocycles. The van der Waals surface area contributed by atoms with Crippen LogP contribution in [0.4, 0.5) is 0 Å². The maximum absolute atomic E-state index is 11.5. The first-order valence-corrected chi connectivity index (χ1v) is 8.01. The molecule has 0 aromatic rings. The first-order chi connectivity index (χ1) is 6.83. The van der Waals surface area contributed by atoms with Crippen molar-refractivity contribution in [2.75, 3.05) is 0 Å². The zero-order valence-electron chi connectivity index (χ0n) is 8.17. The van der Waals surface area contributed by atoms with Crippen LogP contribution in [0.2, 0.25) is 0 Å². The fraction of sp³-hybridized carbons (Fsp3) is 0.500. The van der Waals surface area contributed by atoms with Gasteiger partial charge in [0.2, 0.25) is 0 Å². The van der Waals surface area contributed by atoms with Crippen LogP contribution < -0.4 is 0 Å². The van der Waals surface area contributed by atoms with Crippen molar-refractivity contribution in [3.05, 3.63) is 0 Å². The maximum Gasteiger partial charge on any atom is 0 e. The van der Waals surface area contributed by atoms with E-state index in [-0.39, 0.29) is 29.6 Å². The molecule has 0 atom stereocenters. The third kappa shape index (κ3) is 2.46. The Labute approximate surface area is 117 Å². The summed E-state index contributed by atoms with van der Waals surface area (Å²) in [6, 6.07) is 0. The second kappa shape index (κ2) is 4.34. The van der Waals surface area contributed by atoms with E-state index in [9.17, 15) is 22.5 Å². The van der Waals surface area contributed by atoms with Crippen molar-refractivity contribution in [3.63, 3.8) is 0 Å². The van der Waals surface area contributed by atoms with Crippen LogP contribution >= 0.6 is 0 Å². The van der Waals surface area contributed by atoms with Gasteiger partial charge < -0.3 is 0 Å². The molecule has 2 rings (SSSR count). The predicted octanol–water partition coefficient (Wildman–Crippen LogP) is -2.36. The van der Waals surface area contributed by atoms with Crippen LogP contribution in [0, 0.1) is 0 Å². The molecule has 2 bridgehead atoms. The molecule has 2 aliphatic rings. The van der Waals surface area contributed by atoms with Crippen LogP contribution in [0.25, 0.3) is 0 Å². The van der Waals surface area contributed by atoms with Gasteiger partial charge in [-0.15, -0.1) is 0 Å². The second-order valence-electron chi connectivity index (χ2n) is 3.14. The Morgan fingerprint density at radius 1 is 1.06 bits per heavy atom. The molecule has 1 N–H and O–H groups in total. The number of aliphatic hydroxyl groups is 1. The fourth-order valence-corrected chi connectivity index (χ4v) is 4.42. The second-order valence-corrected chi connectivity index (χ2v) is 7.25. The van der Waals surface area contributed by atoms with Crippen LogP contribution in [0.15, 0.2) is 0 Å². The zero-order valence-corrected chi connectivity index (χ0v) is 12.7. The van der Waals surface area contributed by atoms with Gasteiger partial charge in [-0.05, 0) is 0 Å². The van der Waals surface area contributed by atoms with Gasteiger partial charge in [-0.25, -0.2) is 0 Å². The molecule has 2 aliphatic heterocycles. The summed E-state index contributed by atoms with van der Waals surface area (Å²) in [5.74, 6) is -3.49. The minimum Gasteiger partial charge on any atom is 0 e. The number of fused-ring (bicyclic) bond motifs is 3. The summed E-state index contributed by atoms with van der Waals surface area (Å²) >= 11 is -5.51. The molecule has 0 saturated carbocycles. The average molecular weight is 350 g/mol. The molecule has 0 aromatic heterocycles. The maximum atomic E-state index is 11.5. The van der Waals surface area contributed by atoms with Gasteiger partial charge in [0.1, 0.15) is 0 Å². The number of carbonyl (C=O) groups excluding carboxylic acids is 3. The minimum absolute atomic E-state index is 0. The molecular weight excluding hydrogens is 345 g/mol. The summed E-state index contributed by atoms with van der Waals surface area (Å²) < 4.78 is 24.2. The van der Waals surface area contributed by atoms with E-state index in [0.29, 0.717) is 0 Å². The molecule has 1 radical (unpaired) electrons. The fourth-order valence-electron chi connectivity index (χ4n) is 1.24. The predicted molar refractivity (Wildman–Crippen MR) is 44.7 cm³/mol. The summed E-state index contributed by atoms with van der Waals surface area (Å²) in [6.45, 7) is 0. The first kappa shape index (κ1) is 14.1. The van der Waals surface area contributed by atoms with Crippen molar-refractivity contribution < 1.29 is 31.6 Å². The van der Waals surface area contributed by atoms with E-state index in [4.69, 9.17) is 0 Å². The molecule has 2 fully saturated rings. The monoisotopic (exact) mass is 349 g/mol. The van der Waals surface area contributed by atoms with E-state index in [2.05, 4.69) is 9.05 Å². The molecule has 2 heterocycles. The molecule has 2 saturated heterocycles. The first-order valence-electron chi connectivity index (χ1n) is 3.84. The standard InChI is InChI=1S/C6H8O7.Na.O.Sb/c7-3(8)1-6(13,5(11)12)2-4(9)10;;;/h13H,1-2H2,(H,7,8)(H,9,10)(H,11,12);;;/q;;;+3/p-3. The van der Waals surface area contributed by atoms with E-state index >= 15 is 0 Å². The van der Waals surface area contributed by atoms with Crippen LogP contribution in [-0.2, 0) is 26.4 Å². The Hall–Kier alpha value is -0.0118. The molecule has 8 nitrogen and oxygen atoms in total. The van der Waals surface area contributed by atoms with Crippen LogP contribution in [-0.4, -0.2) is 78.2 Å². The third-order valence-corrected chi connectivity index (χ3v) is 5.43. The molecular formula is C6H5NaO8Sb. The normalized spacial score (nSPS) is 37.4. The Bertz CT molecular complexity index is 393. The summed E-state index contributed by atoms with van der Waals surface area (Å²) in [6.07, 6.45) is -1.53. The van der Waals surface area contributed by atoms with Crippen molar-refractivity contribution in [2.45, 2.75) is 18.4 Å². The molecule has 0 spiro atoms. The average Bonchev–Trinajstić information content (AvgIpc) is 2.09. The molecule has 83 valence electrons. The zero-order chi connectivity index (χ0) is 11.3. The van der Waals surface area contributed by atoms with Crippen LogP contribution in [0.3, 0.4) is 0 Å². The van der Waals surface area contributed by atoms with Gasteiger partial charge >= 0.3 is 88.0 Å². The minimum atomic E-state index is -5.51. The summed E-state index contributed by atoms with van der Waals surface area (Å²) in [7, 11) is 0. The number of rotatable bonds is 0. The van der Waals surface area contributed by atoms with Crippen molar-refractivity contribution in [3.8, 4) is 0 Å². The summed E-state index contributed by atoms with van der Waals surface area (Å²) in [5.41, 5.74) is -2.33. The van der Waals surface area contributed by atoms with Gasteiger partial charge in [-0.1, -0.05) is 0 Å². The summed E-state index contributed by atoms with van der Waals surface area (Å²) in [4.78, 5) is 33.2. The van der Waals surface area contributed by atoms with Crippen molar-refractivity contribution in [1.29, 1.82) is 0 Å². The van der Waals surface area contributed by atoms with Gasteiger partial charge in [0, 0.05) is 29.6 Å². The molecule has 0 aliphatic carbocycles. The smallest absolute Gasteiger partial charge is 0 e. The Kier molecular flexibility index (Phi) is 3.81. The number of hydrogen-bond acceptors (Lipinski definition) is 8. The van der Waals surface area contributed by atoms with Crippen molar-refractivity contribution in [2.24, 2.45) is 0 Å². The third-order valence-electron chi connectivity index (χ3n) is 1.88. The van der Waals surface area contributed by atoms with Gasteiger partial charge in [0.15, 0.2) is 0 Å². The molecule has 0 unspecified atom stereocenters. The Morgan fingerprint density at radius 3 is 1.94 bits per heavy atom. The van der Waals surface area contributed by atoms with E-state index in [0.717, 1.165) is 0 Å². The molecule has 10 heteroatoms. The van der Waals surface area contributed by atoms with E-state index in [1.165, 1.54) is 0 Å². The van der Waals surface area contributed by atoms with Crippen LogP contribution in [0.5, 0.6) is 0 Å². The molecule has 16 heavy (non-hydrogen) atoms. The summed E-state index contributed by atoms with van der Waals surface area (Å²) in [5, 5.41) is 9.62. The van der Waals surface area contributed by atoms with E-state index in [1.54, 1.807) is 0 Å². The van der Waals surface area contributed by atoms with Gasteiger partial charge in [-0.3, -0.25) is 0 Å². The number of carbonyl (C=O) groups is 3. The SMILES string of the molecule is O=C1CC2(O)CC(=O)[O][Sb](=[O])([O]1)[O]C2=O.[Na]. The van der Waals surface area contributed by atoms with Crippen molar-refractivity contribution >= 4 is 67.5 Å². The van der Waals surface area contributed by atoms with Gasteiger partial charge in [0.05, 0.1) is 0 Å². The largest absolute Gasteiger partial charge is 0 e. The van der Waals surface area contributed by atoms with Gasteiger partial charge in [0.25, 0.3) is 0 Å².